The average molecular weight is 494 g/mol. The molecule has 0 radical (unpaired) electrons. The fourth-order valence-electron chi connectivity index (χ4n) is 5.17. The normalized spacial score (nSPS) is 14.7. The maximum atomic E-state index is 13.8. The number of carboxylic acids is 1. The second kappa shape index (κ2) is 9.75. The molecule has 0 amide bonds. The number of ether oxygens (including phenoxy) is 1. The SMILES string of the molecule is Cc1ccc(-c2c(C)c3c(c(C)c2C(OC(C)(C)C)C(=O)O)CN(Cc2cc(F)cc(F)c2)C3)cc1. The third-order valence-corrected chi connectivity index (χ3v) is 6.71. The molecular weight excluding hydrogens is 460 g/mol. The molecule has 0 spiro atoms. The molecular formula is C30H33F2NO3. The van der Waals surface area contributed by atoms with Gasteiger partial charge in [0.05, 0.1) is 5.60 Å². The largest absolute Gasteiger partial charge is 0.479 e. The molecule has 1 atom stereocenters. The van der Waals surface area contributed by atoms with Crippen molar-refractivity contribution < 1.29 is 23.4 Å². The lowest BCUT2D eigenvalue weighted by Crippen LogP contribution is -2.28. The summed E-state index contributed by atoms with van der Waals surface area (Å²) in [5, 5.41) is 10.3. The Morgan fingerprint density at radius 2 is 1.53 bits per heavy atom. The van der Waals surface area contributed by atoms with E-state index in [1.165, 1.54) is 12.1 Å². The average Bonchev–Trinajstić information content (AvgIpc) is 3.18. The predicted octanol–water partition coefficient (Wildman–Crippen LogP) is 7.01. The van der Waals surface area contributed by atoms with Gasteiger partial charge in [-0.1, -0.05) is 29.8 Å². The zero-order chi connectivity index (χ0) is 26.4. The number of fused-ring (bicyclic) bond motifs is 1. The van der Waals surface area contributed by atoms with Crippen LogP contribution in [0.2, 0.25) is 0 Å². The van der Waals surface area contributed by atoms with Crippen molar-refractivity contribution in [1.82, 2.24) is 4.90 Å². The molecule has 3 aromatic rings. The highest BCUT2D eigenvalue weighted by molar-refractivity contribution is 5.84. The van der Waals surface area contributed by atoms with Crippen LogP contribution >= 0.6 is 0 Å². The van der Waals surface area contributed by atoms with Crippen molar-refractivity contribution in [3.8, 4) is 11.1 Å². The van der Waals surface area contributed by atoms with Crippen LogP contribution in [0.3, 0.4) is 0 Å². The van der Waals surface area contributed by atoms with E-state index in [2.05, 4.69) is 4.90 Å². The minimum atomic E-state index is -1.14. The molecule has 0 saturated carbocycles. The van der Waals surface area contributed by atoms with E-state index in [4.69, 9.17) is 4.74 Å². The molecule has 3 aromatic carbocycles. The van der Waals surface area contributed by atoms with Crippen molar-refractivity contribution in [3.05, 3.63) is 93.0 Å². The van der Waals surface area contributed by atoms with Crippen LogP contribution in [0.1, 0.15) is 65.8 Å². The van der Waals surface area contributed by atoms with Crippen molar-refractivity contribution >= 4 is 5.97 Å². The molecule has 0 aromatic heterocycles. The van der Waals surface area contributed by atoms with E-state index in [1.807, 2.05) is 65.8 Å². The van der Waals surface area contributed by atoms with E-state index in [9.17, 15) is 18.7 Å². The summed E-state index contributed by atoms with van der Waals surface area (Å²) in [4.78, 5) is 14.7. The Balaban J connectivity index is 1.85. The number of aryl methyl sites for hydroxylation is 1. The van der Waals surface area contributed by atoms with Crippen molar-refractivity contribution in [1.29, 1.82) is 0 Å². The maximum absolute atomic E-state index is 13.8. The van der Waals surface area contributed by atoms with E-state index in [0.29, 0.717) is 30.8 Å². The highest BCUT2D eigenvalue weighted by Gasteiger charge is 2.35. The van der Waals surface area contributed by atoms with Gasteiger partial charge in [0.2, 0.25) is 0 Å². The molecule has 1 aliphatic heterocycles. The predicted molar refractivity (Wildman–Crippen MR) is 137 cm³/mol. The van der Waals surface area contributed by atoms with Gasteiger partial charge < -0.3 is 9.84 Å². The number of rotatable bonds is 6. The Labute approximate surface area is 211 Å². The molecule has 1 aliphatic rings. The molecule has 0 saturated heterocycles. The topological polar surface area (TPSA) is 49.8 Å². The van der Waals surface area contributed by atoms with Gasteiger partial charge in [0.25, 0.3) is 0 Å². The van der Waals surface area contributed by atoms with Gasteiger partial charge in [0.1, 0.15) is 11.6 Å². The summed E-state index contributed by atoms with van der Waals surface area (Å²) in [6.07, 6.45) is -1.14. The number of nitrogens with zero attached hydrogens (tertiary/aromatic N) is 1. The highest BCUT2D eigenvalue weighted by atomic mass is 19.1. The van der Waals surface area contributed by atoms with Gasteiger partial charge >= 0.3 is 5.97 Å². The molecule has 4 nitrogen and oxygen atoms in total. The fraction of sp³-hybridized carbons (Fsp3) is 0.367. The molecule has 190 valence electrons. The zero-order valence-electron chi connectivity index (χ0n) is 21.7. The maximum Gasteiger partial charge on any atom is 0.337 e. The van der Waals surface area contributed by atoms with E-state index in [-0.39, 0.29) is 0 Å². The van der Waals surface area contributed by atoms with Gasteiger partial charge in [-0.05, 0) is 92.6 Å². The first-order valence-electron chi connectivity index (χ1n) is 12.1. The van der Waals surface area contributed by atoms with E-state index >= 15 is 0 Å². The Bertz CT molecular complexity index is 1290. The quantitative estimate of drug-likeness (QED) is 0.401. The summed E-state index contributed by atoms with van der Waals surface area (Å²) in [6, 6.07) is 11.7. The van der Waals surface area contributed by atoms with Gasteiger partial charge in [-0.3, -0.25) is 4.90 Å². The molecule has 1 unspecified atom stereocenters. The minimum Gasteiger partial charge on any atom is -0.479 e. The third-order valence-electron chi connectivity index (χ3n) is 6.71. The molecule has 36 heavy (non-hydrogen) atoms. The van der Waals surface area contributed by atoms with Crippen LogP contribution in [-0.4, -0.2) is 21.6 Å². The fourth-order valence-corrected chi connectivity index (χ4v) is 5.17. The highest BCUT2D eigenvalue weighted by Crippen LogP contribution is 2.43. The lowest BCUT2D eigenvalue weighted by atomic mass is 9.83. The Morgan fingerprint density at radius 1 is 0.972 bits per heavy atom. The first kappa shape index (κ1) is 26.0. The third kappa shape index (κ3) is 5.35. The standard InChI is InChI=1S/C30H33F2NO3/c1-17-7-9-21(10-8-17)26-18(2)24-15-33(14-20-11-22(31)13-23(32)12-20)16-25(24)19(3)27(26)28(29(34)35)36-30(4,5)6/h7-13,28H,14-16H2,1-6H3,(H,34,35). The zero-order valence-corrected chi connectivity index (χ0v) is 21.7. The molecule has 6 heteroatoms. The number of hydrogen-bond donors (Lipinski definition) is 1. The molecule has 4 rings (SSSR count). The first-order valence-corrected chi connectivity index (χ1v) is 12.1. The second-order valence-electron chi connectivity index (χ2n) is 10.7. The number of aliphatic carboxylic acids is 1. The number of benzene rings is 3. The lowest BCUT2D eigenvalue weighted by molar-refractivity contribution is -0.160. The van der Waals surface area contributed by atoms with E-state index in [1.54, 1.807) is 0 Å². The van der Waals surface area contributed by atoms with Crippen LogP contribution in [0.5, 0.6) is 0 Å². The summed E-state index contributed by atoms with van der Waals surface area (Å²) in [6.45, 7) is 13.1. The van der Waals surface area contributed by atoms with Crippen LogP contribution in [0.4, 0.5) is 8.78 Å². The van der Waals surface area contributed by atoms with Crippen molar-refractivity contribution in [2.45, 2.75) is 72.9 Å². The van der Waals surface area contributed by atoms with Crippen LogP contribution in [0, 0.1) is 32.4 Å². The summed E-state index contributed by atoms with van der Waals surface area (Å²) in [7, 11) is 0. The van der Waals surface area contributed by atoms with Gasteiger partial charge in [0, 0.05) is 31.3 Å². The summed E-state index contributed by atoms with van der Waals surface area (Å²) >= 11 is 0. The molecule has 1 heterocycles. The summed E-state index contributed by atoms with van der Waals surface area (Å²) in [5.74, 6) is -2.23. The van der Waals surface area contributed by atoms with Crippen LogP contribution in [0.25, 0.3) is 11.1 Å². The Kier molecular flexibility index (Phi) is 7.04. The van der Waals surface area contributed by atoms with Crippen LogP contribution in [0.15, 0.2) is 42.5 Å². The van der Waals surface area contributed by atoms with Crippen molar-refractivity contribution in [2.75, 3.05) is 0 Å². The van der Waals surface area contributed by atoms with Crippen molar-refractivity contribution in [3.63, 3.8) is 0 Å². The number of carboxylic acid groups (broad SMARTS) is 1. The summed E-state index contributed by atoms with van der Waals surface area (Å²) in [5.41, 5.74) is 7.57. The van der Waals surface area contributed by atoms with Gasteiger partial charge in [0.15, 0.2) is 6.10 Å². The monoisotopic (exact) mass is 493 g/mol. The summed E-state index contributed by atoms with van der Waals surface area (Å²) < 4.78 is 33.7. The van der Waals surface area contributed by atoms with Crippen LogP contribution in [-0.2, 0) is 29.2 Å². The molecule has 0 fully saturated rings. The molecule has 1 N–H and O–H groups in total. The smallest absolute Gasteiger partial charge is 0.337 e. The van der Waals surface area contributed by atoms with E-state index in [0.717, 1.165) is 45.0 Å². The number of carbonyl (C=O) groups is 1. The Morgan fingerprint density at radius 3 is 2.06 bits per heavy atom. The minimum absolute atomic E-state index is 0.387. The van der Waals surface area contributed by atoms with E-state index < -0.39 is 29.3 Å². The van der Waals surface area contributed by atoms with Crippen LogP contribution < -0.4 is 0 Å². The number of halogens is 2. The molecule has 0 bridgehead atoms. The van der Waals surface area contributed by atoms with Crippen molar-refractivity contribution in [2.24, 2.45) is 0 Å². The first-order chi connectivity index (χ1) is 16.8. The number of hydrogen-bond acceptors (Lipinski definition) is 3. The van der Waals surface area contributed by atoms with Gasteiger partial charge in [-0.25, -0.2) is 13.6 Å². The Hall–Kier alpha value is -3.09. The molecule has 0 aliphatic carbocycles. The van der Waals surface area contributed by atoms with Gasteiger partial charge in [-0.2, -0.15) is 0 Å². The second-order valence-corrected chi connectivity index (χ2v) is 10.7. The van der Waals surface area contributed by atoms with Gasteiger partial charge in [-0.15, -0.1) is 0 Å². The lowest BCUT2D eigenvalue weighted by Gasteiger charge is -2.30.